The zero-order valence-electron chi connectivity index (χ0n) is 19.0. The van der Waals surface area contributed by atoms with Gasteiger partial charge in [-0.15, -0.1) is 0 Å². The Balaban J connectivity index is 1.84. The van der Waals surface area contributed by atoms with Crippen molar-refractivity contribution in [2.45, 2.75) is 49.7 Å². The molecule has 2 aromatic carbocycles. The van der Waals surface area contributed by atoms with Crippen LogP contribution in [0.5, 0.6) is 0 Å². The van der Waals surface area contributed by atoms with Gasteiger partial charge >= 0.3 is 12.4 Å². The Kier molecular flexibility index (Phi) is 5.25. The first-order valence-corrected chi connectivity index (χ1v) is 11.2. The normalized spacial score (nSPS) is 34.3. The molecule has 1 saturated heterocycles. The molecule has 2 aromatic rings. The van der Waals surface area contributed by atoms with Crippen molar-refractivity contribution in [3.63, 3.8) is 0 Å². The fourth-order valence-electron chi connectivity index (χ4n) is 5.75. The van der Waals surface area contributed by atoms with E-state index in [-0.39, 0.29) is 11.1 Å². The SMILES string of the molecule is C[C@@H]1C(C(F)(F)F)=NN2C1[C@@](O)(c1ccccc1)N1N=C(C(F)(F)F)[C@@H](C)C1[C@@]2(O)c1ccccc1. The molecule has 0 saturated carbocycles. The number of hydrogen-bond donors (Lipinski definition) is 2. The number of piperazine rings is 1. The highest BCUT2D eigenvalue weighted by molar-refractivity contribution is 5.95. The standard InChI is InChI=1S/C24H22F6N4O2/c1-13-17(23(25,26)27)31-33-19(13)21(35,15-9-5-3-6-10-15)34-20(14(2)18(32-34)24(28,29)30)22(33,36)16-11-7-4-8-12-16/h3-14,19-20,35-36H,1-2H3/t13-,14-,19?,20?,21+,22+/m1/s1. The largest absolute Gasteiger partial charge is 0.431 e. The van der Waals surface area contributed by atoms with E-state index in [0.29, 0.717) is 0 Å². The molecule has 3 aliphatic heterocycles. The van der Waals surface area contributed by atoms with Gasteiger partial charge in [0, 0.05) is 23.0 Å². The maximum absolute atomic E-state index is 14.0. The van der Waals surface area contributed by atoms with Crippen molar-refractivity contribution >= 4 is 11.4 Å². The van der Waals surface area contributed by atoms with E-state index in [1.807, 2.05) is 0 Å². The molecule has 0 aromatic heterocycles. The topological polar surface area (TPSA) is 71.7 Å². The van der Waals surface area contributed by atoms with Gasteiger partial charge in [0.15, 0.2) is 0 Å². The molecule has 6 nitrogen and oxygen atoms in total. The first-order valence-electron chi connectivity index (χ1n) is 11.2. The summed E-state index contributed by atoms with van der Waals surface area (Å²) in [5.74, 6) is -3.07. The first kappa shape index (κ1) is 24.6. The summed E-state index contributed by atoms with van der Waals surface area (Å²) in [7, 11) is 0. The van der Waals surface area contributed by atoms with Crippen LogP contribution in [0, 0.1) is 11.8 Å². The number of hydrazone groups is 2. The maximum Gasteiger partial charge on any atom is 0.431 e. The van der Waals surface area contributed by atoms with E-state index >= 15 is 0 Å². The van der Waals surface area contributed by atoms with Gasteiger partial charge in [0.05, 0.1) is 0 Å². The number of hydrogen-bond acceptors (Lipinski definition) is 6. The maximum atomic E-state index is 14.0. The molecule has 36 heavy (non-hydrogen) atoms. The van der Waals surface area contributed by atoms with Gasteiger partial charge in [0.25, 0.3) is 0 Å². The van der Waals surface area contributed by atoms with Crippen molar-refractivity contribution in [2.24, 2.45) is 22.0 Å². The predicted octanol–water partition coefficient (Wildman–Crippen LogP) is 4.17. The summed E-state index contributed by atoms with van der Waals surface area (Å²) in [5.41, 5.74) is -7.47. The van der Waals surface area contributed by atoms with E-state index < -0.39 is 59.1 Å². The molecule has 2 N–H and O–H groups in total. The van der Waals surface area contributed by atoms with Gasteiger partial charge in [-0.1, -0.05) is 74.5 Å². The lowest BCUT2D eigenvalue weighted by Crippen LogP contribution is -2.75. The van der Waals surface area contributed by atoms with Crippen molar-refractivity contribution in [1.82, 2.24) is 10.0 Å². The van der Waals surface area contributed by atoms with E-state index in [4.69, 9.17) is 0 Å². The van der Waals surface area contributed by atoms with Crippen LogP contribution in [0.4, 0.5) is 26.3 Å². The third kappa shape index (κ3) is 3.20. The molecule has 2 unspecified atom stereocenters. The minimum absolute atomic E-state index is 0.0185. The van der Waals surface area contributed by atoms with Crippen LogP contribution in [0.3, 0.4) is 0 Å². The van der Waals surface area contributed by atoms with Gasteiger partial charge in [0.2, 0.25) is 11.4 Å². The summed E-state index contributed by atoms with van der Waals surface area (Å²) in [4.78, 5) is 0. The lowest BCUT2D eigenvalue weighted by atomic mass is 9.74. The van der Waals surface area contributed by atoms with Gasteiger partial charge in [0.1, 0.15) is 23.5 Å². The fourth-order valence-corrected chi connectivity index (χ4v) is 5.75. The highest BCUT2D eigenvalue weighted by Gasteiger charge is 2.73. The van der Waals surface area contributed by atoms with Gasteiger partial charge < -0.3 is 10.2 Å². The zero-order valence-corrected chi connectivity index (χ0v) is 19.0. The molecule has 0 radical (unpaired) electrons. The highest BCUT2D eigenvalue weighted by Crippen LogP contribution is 2.57. The fraction of sp³-hybridized carbons (Fsp3) is 0.417. The number of nitrogens with zero attached hydrogens (tertiary/aromatic N) is 4. The summed E-state index contributed by atoms with van der Waals surface area (Å²) >= 11 is 0. The minimum Gasteiger partial charge on any atom is -0.364 e. The van der Waals surface area contributed by atoms with E-state index in [0.717, 1.165) is 10.0 Å². The van der Waals surface area contributed by atoms with Crippen molar-refractivity contribution in [1.29, 1.82) is 0 Å². The van der Waals surface area contributed by atoms with Crippen molar-refractivity contribution < 1.29 is 36.6 Å². The summed E-state index contributed by atoms with van der Waals surface area (Å²) in [5, 5.41) is 33.3. The van der Waals surface area contributed by atoms with E-state index in [9.17, 15) is 36.6 Å². The Labute approximate surface area is 202 Å². The Hall–Kier alpha value is -3.12. The lowest BCUT2D eigenvalue weighted by molar-refractivity contribution is -0.317. The zero-order chi connectivity index (χ0) is 26.3. The predicted molar refractivity (Wildman–Crippen MR) is 117 cm³/mol. The number of benzene rings is 2. The number of fused-ring (bicyclic) bond motifs is 2. The summed E-state index contributed by atoms with van der Waals surface area (Å²) in [6.45, 7) is 2.34. The number of aliphatic hydroxyl groups is 2. The van der Waals surface area contributed by atoms with Crippen molar-refractivity contribution in [3.8, 4) is 0 Å². The Morgan fingerprint density at radius 1 is 0.639 bits per heavy atom. The van der Waals surface area contributed by atoms with Crippen LogP contribution in [0.15, 0.2) is 70.9 Å². The van der Waals surface area contributed by atoms with Crippen LogP contribution in [0.1, 0.15) is 25.0 Å². The number of alkyl halides is 6. The smallest absolute Gasteiger partial charge is 0.364 e. The summed E-state index contributed by atoms with van der Waals surface area (Å²) < 4.78 is 84.2. The average Bonchev–Trinajstić information content (AvgIpc) is 3.38. The molecule has 0 bridgehead atoms. The molecule has 5 rings (SSSR count). The van der Waals surface area contributed by atoms with Gasteiger partial charge in [-0.25, -0.2) is 0 Å². The van der Waals surface area contributed by atoms with Crippen LogP contribution < -0.4 is 0 Å². The molecule has 6 atom stereocenters. The molecule has 3 heterocycles. The summed E-state index contributed by atoms with van der Waals surface area (Å²) in [6, 6.07) is 11.5. The van der Waals surface area contributed by atoms with E-state index in [1.165, 1.54) is 62.4 Å². The monoisotopic (exact) mass is 512 g/mol. The second-order valence-corrected chi connectivity index (χ2v) is 9.31. The third-order valence-corrected chi connectivity index (χ3v) is 7.27. The average molecular weight is 512 g/mol. The van der Waals surface area contributed by atoms with Crippen LogP contribution in [-0.2, 0) is 11.4 Å². The molecule has 12 heteroatoms. The Morgan fingerprint density at radius 2 is 0.944 bits per heavy atom. The molecular weight excluding hydrogens is 490 g/mol. The van der Waals surface area contributed by atoms with Crippen molar-refractivity contribution in [2.75, 3.05) is 0 Å². The van der Waals surface area contributed by atoms with Gasteiger partial charge in [-0.2, -0.15) is 36.5 Å². The molecule has 0 aliphatic carbocycles. The van der Waals surface area contributed by atoms with E-state index in [2.05, 4.69) is 10.2 Å². The molecule has 3 aliphatic rings. The van der Waals surface area contributed by atoms with E-state index in [1.54, 1.807) is 12.1 Å². The van der Waals surface area contributed by atoms with Crippen LogP contribution in [0.2, 0.25) is 0 Å². The van der Waals surface area contributed by atoms with Gasteiger partial charge in [-0.05, 0) is 0 Å². The number of rotatable bonds is 2. The molecular formula is C24H22F6N4O2. The van der Waals surface area contributed by atoms with Crippen molar-refractivity contribution in [3.05, 3.63) is 71.8 Å². The molecule has 0 spiro atoms. The van der Waals surface area contributed by atoms with Gasteiger partial charge in [-0.3, -0.25) is 10.0 Å². The molecule has 1 fully saturated rings. The third-order valence-electron chi connectivity index (χ3n) is 7.27. The summed E-state index contributed by atoms with van der Waals surface area (Å²) in [6.07, 6.45) is -9.83. The van der Waals surface area contributed by atoms with Crippen LogP contribution >= 0.6 is 0 Å². The van der Waals surface area contributed by atoms with Crippen LogP contribution in [0.25, 0.3) is 0 Å². The Bertz CT molecular complexity index is 1120. The minimum atomic E-state index is -4.91. The second kappa shape index (κ2) is 7.69. The van der Waals surface area contributed by atoms with Crippen LogP contribution in [-0.4, -0.2) is 56.1 Å². The molecule has 0 amide bonds. The number of halogens is 6. The lowest BCUT2D eigenvalue weighted by Gasteiger charge is -2.59. The quantitative estimate of drug-likeness (QED) is 0.593. The highest BCUT2D eigenvalue weighted by atomic mass is 19.4. The Morgan fingerprint density at radius 3 is 1.22 bits per heavy atom. The molecule has 192 valence electrons. The first-order chi connectivity index (χ1) is 16.7. The second-order valence-electron chi connectivity index (χ2n) is 9.31.